The number of fused-ring (bicyclic) bond motifs is 4. The maximum Gasteiger partial charge on any atom is 0.109 e. The number of hydrogen-bond donors (Lipinski definition) is 0. The highest BCUT2D eigenvalue weighted by Gasteiger charge is 2.51. The molecule has 3 heteroatoms. The Labute approximate surface area is 203 Å². The van der Waals surface area contributed by atoms with Crippen molar-refractivity contribution in [2.75, 3.05) is 14.1 Å². The van der Waals surface area contributed by atoms with Crippen molar-refractivity contribution in [3.63, 3.8) is 0 Å². The first kappa shape index (κ1) is 21.6. The summed E-state index contributed by atoms with van der Waals surface area (Å²) in [4.78, 5) is 2.44. The Morgan fingerprint density at radius 3 is 2.09 bits per heavy atom. The summed E-state index contributed by atoms with van der Waals surface area (Å²) in [6.45, 7) is 2.25. The van der Waals surface area contributed by atoms with Gasteiger partial charge in [-0.1, -0.05) is 66.7 Å². The van der Waals surface area contributed by atoms with Crippen LogP contribution in [0.5, 0.6) is 0 Å². The van der Waals surface area contributed by atoms with Crippen LogP contribution in [-0.2, 0) is 22.3 Å². The van der Waals surface area contributed by atoms with Crippen LogP contribution in [-0.4, -0.2) is 29.7 Å². The van der Waals surface area contributed by atoms with E-state index in [2.05, 4.69) is 115 Å². The molecule has 0 radical (unpaired) electrons. The molecule has 2 heterocycles. The van der Waals surface area contributed by atoms with Crippen molar-refractivity contribution < 1.29 is 4.74 Å². The van der Waals surface area contributed by atoms with Gasteiger partial charge in [0.25, 0.3) is 0 Å². The molecule has 1 unspecified atom stereocenters. The summed E-state index contributed by atoms with van der Waals surface area (Å²) >= 11 is 0. The lowest BCUT2D eigenvalue weighted by molar-refractivity contribution is -0.146. The van der Waals surface area contributed by atoms with Gasteiger partial charge in [-0.25, -0.2) is 0 Å². The second-order valence-electron chi connectivity index (χ2n) is 10.4. The van der Waals surface area contributed by atoms with Crippen molar-refractivity contribution in [3.05, 3.63) is 102 Å². The summed E-state index contributed by atoms with van der Waals surface area (Å²) in [6, 6.07) is 30.8. The fourth-order valence-corrected chi connectivity index (χ4v) is 6.77. The first-order chi connectivity index (χ1) is 16.5. The van der Waals surface area contributed by atoms with Gasteiger partial charge in [0.1, 0.15) is 5.60 Å². The zero-order valence-electron chi connectivity index (χ0n) is 20.5. The molecule has 1 fully saturated rings. The molecule has 1 spiro atoms. The topological polar surface area (TPSA) is 17.4 Å². The Hall–Kier alpha value is -2.88. The summed E-state index contributed by atoms with van der Waals surface area (Å²) < 4.78 is 9.50. The number of rotatable bonds is 3. The van der Waals surface area contributed by atoms with Gasteiger partial charge in [0.2, 0.25) is 0 Å². The predicted molar refractivity (Wildman–Crippen MR) is 139 cm³/mol. The van der Waals surface area contributed by atoms with E-state index >= 15 is 0 Å². The average molecular weight is 451 g/mol. The van der Waals surface area contributed by atoms with Crippen LogP contribution >= 0.6 is 0 Å². The van der Waals surface area contributed by atoms with Crippen LogP contribution in [0.15, 0.2) is 84.9 Å². The average Bonchev–Trinajstić information content (AvgIpc) is 3.21. The highest BCUT2D eigenvalue weighted by molar-refractivity contribution is 5.88. The number of para-hydroxylation sites is 2. The Bertz CT molecular complexity index is 1300. The minimum atomic E-state index is -0.268. The van der Waals surface area contributed by atoms with Crippen molar-refractivity contribution in [1.29, 1.82) is 0 Å². The second kappa shape index (κ2) is 8.11. The minimum Gasteiger partial charge on any atom is -0.365 e. The molecule has 0 amide bonds. The smallest absolute Gasteiger partial charge is 0.109 e. The van der Waals surface area contributed by atoms with Gasteiger partial charge in [0.05, 0.1) is 17.3 Å². The molecule has 1 aliphatic heterocycles. The molecule has 1 aromatic heterocycles. The quantitative estimate of drug-likeness (QED) is 0.341. The fourth-order valence-electron chi connectivity index (χ4n) is 6.77. The standard InChI is InChI=1S/C31H34N2O/c1-23-22-27-26-16-10-11-17-28(26)33(25-14-8-5-9-15-25)29(27)31(34-23)20-18-30(19-21-31,32(2)3)24-12-6-4-7-13-24/h4-17,23H,18-22H2,1-3H3. The summed E-state index contributed by atoms with van der Waals surface area (Å²) in [7, 11) is 4.48. The summed E-state index contributed by atoms with van der Waals surface area (Å²) in [5.74, 6) is 0. The number of ether oxygens (including phenoxy) is 1. The number of nitrogens with zero attached hydrogens (tertiary/aromatic N) is 2. The van der Waals surface area contributed by atoms with E-state index in [1.165, 1.54) is 33.4 Å². The highest BCUT2D eigenvalue weighted by atomic mass is 16.5. The molecule has 6 rings (SSSR count). The maximum absolute atomic E-state index is 7.00. The lowest BCUT2D eigenvalue weighted by atomic mass is 9.67. The summed E-state index contributed by atoms with van der Waals surface area (Å²) in [6.07, 6.45) is 5.36. The first-order valence-corrected chi connectivity index (χ1v) is 12.6. The third kappa shape index (κ3) is 3.18. The van der Waals surface area contributed by atoms with E-state index in [9.17, 15) is 0 Å². The highest BCUT2D eigenvalue weighted by Crippen LogP contribution is 2.54. The lowest BCUT2D eigenvalue weighted by Gasteiger charge is -2.52. The normalized spacial score (nSPS) is 26.8. The molecule has 3 aromatic carbocycles. The monoisotopic (exact) mass is 450 g/mol. The molecule has 0 bridgehead atoms. The van der Waals surface area contributed by atoms with E-state index in [1.807, 2.05) is 0 Å². The van der Waals surface area contributed by atoms with Crippen LogP contribution in [0.3, 0.4) is 0 Å². The van der Waals surface area contributed by atoms with Crippen molar-refractivity contribution >= 4 is 10.9 Å². The first-order valence-electron chi connectivity index (χ1n) is 12.6. The SMILES string of the molecule is CC1Cc2c(n(-c3ccccc3)c3ccccc23)C2(CCC(c3ccccc3)(N(C)C)CC2)O1. The third-order valence-electron chi connectivity index (χ3n) is 8.40. The van der Waals surface area contributed by atoms with Crippen molar-refractivity contribution in [2.24, 2.45) is 0 Å². The van der Waals surface area contributed by atoms with Gasteiger partial charge < -0.3 is 9.30 Å². The molecule has 0 saturated heterocycles. The molecular formula is C31H34N2O. The molecule has 174 valence electrons. The van der Waals surface area contributed by atoms with Gasteiger partial charge >= 0.3 is 0 Å². The van der Waals surface area contributed by atoms with Crippen LogP contribution < -0.4 is 0 Å². The zero-order chi connectivity index (χ0) is 23.3. The molecule has 1 aliphatic carbocycles. The van der Waals surface area contributed by atoms with Gasteiger partial charge in [-0.15, -0.1) is 0 Å². The molecule has 34 heavy (non-hydrogen) atoms. The Morgan fingerprint density at radius 1 is 0.794 bits per heavy atom. The molecule has 3 nitrogen and oxygen atoms in total. The van der Waals surface area contributed by atoms with Gasteiger partial charge in [-0.3, -0.25) is 4.90 Å². The summed E-state index contributed by atoms with van der Waals surface area (Å²) in [5, 5.41) is 1.38. The van der Waals surface area contributed by atoms with Gasteiger partial charge in [0, 0.05) is 23.0 Å². The second-order valence-corrected chi connectivity index (χ2v) is 10.4. The van der Waals surface area contributed by atoms with E-state index in [0.29, 0.717) is 0 Å². The maximum atomic E-state index is 7.00. The van der Waals surface area contributed by atoms with E-state index in [-0.39, 0.29) is 17.2 Å². The summed E-state index contributed by atoms with van der Waals surface area (Å²) in [5.41, 5.74) is 6.58. The molecule has 0 N–H and O–H groups in total. The Morgan fingerprint density at radius 2 is 1.41 bits per heavy atom. The number of hydrogen-bond acceptors (Lipinski definition) is 2. The van der Waals surface area contributed by atoms with Crippen molar-refractivity contribution in [2.45, 2.75) is 56.3 Å². The zero-order valence-corrected chi connectivity index (χ0v) is 20.5. The predicted octanol–water partition coefficient (Wildman–Crippen LogP) is 6.82. The molecule has 2 aliphatic rings. The molecule has 4 aromatic rings. The van der Waals surface area contributed by atoms with Crippen LogP contribution in [0, 0.1) is 0 Å². The number of aromatic nitrogens is 1. The van der Waals surface area contributed by atoms with Gasteiger partial charge in [-0.2, -0.15) is 0 Å². The minimum absolute atomic E-state index is 0.0420. The van der Waals surface area contributed by atoms with E-state index < -0.39 is 0 Å². The lowest BCUT2D eigenvalue weighted by Crippen LogP contribution is -2.51. The van der Waals surface area contributed by atoms with Crippen LogP contribution in [0.2, 0.25) is 0 Å². The van der Waals surface area contributed by atoms with Crippen molar-refractivity contribution in [3.8, 4) is 5.69 Å². The van der Waals surface area contributed by atoms with Crippen LogP contribution in [0.25, 0.3) is 16.6 Å². The van der Waals surface area contributed by atoms with Gasteiger partial charge in [-0.05, 0) is 76.0 Å². The van der Waals surface area contributed by atoms with Gasteiger partial charge in [0.15, 0.2) is 0 Å². The van der Waals surface area contributed by atoms with E-state index in [1.54, 1.807) is 0 Å². The molecule has 1 saturated carbocycles. The van der Waals surface area contributed by atoms with E-state index in [0.717, 1.165) is 32.1 Å². The molecule has 1 atom stereocenters. The Balaban J connectivity index is 1.52. The third-order valence-corrected chi connectivity index (χ3v) is 8.40. The molecular weight excluding hydrogens is 416 g/mol. The van der Waals surface area contributed by atoms with E-state index in [4.69, 9.17) is 4.74 Å². The fraction of sp³-hybridized carbons (Fsp3) is 0.355. The number of benzene rings is 3. The van der Waals surface area contributed by atoms with Crippen molar-refractivity contribution in [1.82, 2.24) is 9.47 Å². The Kier molecular flexibility index (Phi) is 5.16. The van der Waals surface area contributed by atoms with Crippen LogP contribution in [0.4, 0.5) is 0 Å². The van der Waals surface area contributed by atoms with Crippen LogP contribution in [0.1, 0.15) is 49.4 Å². The largest absolute Gasteiger partial charge is 0.365 e.